The van der Waals surface area contributed by atoms with E-state index in [1.165, 1.54) is 6.92 Å². The largest absolute Gasteiger partial charge is 0.269 e. The minimum atomic E-state index is -3.93. The van der Waals surface area contributed by atoms with Crippen LogP contribution >= 0.6 is 0 Å². The third kappa shape index (κ3) is 3.57. The van der Waals surface area contributed by atoms with Crippen LogP contribution in [0.25, 0.3) is 0 Å². The van der Waals surface area contributed by atoms with Crippen LogP contribution in [-0.4, -0.2) is 38.8 Å². The SMILES string of the molecule is C[C@@]1(NS(=O)(=O)c2ccc([N+](=O)[O-])cc2)CCS(=O)(=O)C1. The molecule has 116 valence electrons. The van der Waals surface area contributed by atoms with Gasteiger partial charge in [-0.25, -0.2) is 21.6 Å². The zero-order valence-electron chi connectivity index (χ0n) is 11.1. The predicted molar refractivity (Wildman–Crippen MR) is 75.1 cm³/mol. The smallest absolute Gasteiger partial charge is 0.258 e. The summed E-state index contributed by atoms with van der Waals surface area (Å²) >= 11 is 0. The molecule has 1 aromatic rings. The number of sulfone groups is 1. The molecule has 8 nitrogen and oxygen atoms in total. The lowest BCUT2D eigenvalue weighted by molar-refractivity contribution is -0.384. The number of nitrogens with zero attached hydrogens (tertiary/aromatic N) is 1. The molecule has 2 rings (SSSR count). The average molecular weight is 334 g/mol. The summed E-state index contributed by atoms with van der Waals surface area (Å²) in [5.41, 5.74) is -1.27. The van der Waals surface area contributed by atoms with Crippen LogP contribution in [0.3, 0.4) is 0 Å². The van der Waals surface area contributed by atoms with Gasteiger partial charge in [-0.3, -0.25) is 10.1 Å². The lowest BCUT2D eigenvalue weighted by Crippen LogP contribution is -2.46. The van der Waals surface area contributed by atoms with Crippen molar-refractivity contribution in [3.8, 4) is 0 Å². The first-order chi connectivity index (χ1) is 9.53. The van der Waals surface area contributed by atoms with E-state index in [1.54, 1.807) is 0 Å². The van der Waals surface area contributed by atoms with E-state index in [9.17, 15) is 26.9 Å². The Hall–Kier alpha value is -1.52. The van der Waals surface area contributed by atoms with Gasteiger partial charge in [0.1, 0.15) is 0 Å². The minimum absolute atomic E-state index is 0.0632. The lowest BCUT2D eigenvalue weighted by Gasteiger charge is -2.23. The van der Waals surface area contributed by atoms with Crippen LogP contribution in [-0.2, 0) is 19.9 Å². The van der Waals surface area contributed by atoms with Crippen LogP contribution < -0.4 is 4.72 Å². The number of sulfonamides is 1. The summed E-state index contributed by atoms with van der Waals surface area (Å²) < 4.78 is 49.8. The van der Waals surface area contributed by atoms with Crippen molar-refractivity contribution in [1.29, 1.82) is 0 Å². The molecule has 10 heteroatoms. The third-order valence-corrected chi connectivity index (χ3v) is 6.80. The van der Waals surface area contributed by atoms with Crippen molar-refractivity contribution in [1.82, 2.24) is 4.72 Å². The molecule has 21 heavy (non-hydrogen) atoms. The summed E-state index contributed by atoms with van der Waals surface area (Å²) in [7, 11) is -7.17. The van der Waals surface area contributed by atoms with Crippen molar-refractivity contribution in [2.45, 2.75) is 23.8 Å². The second-order valence-electron chi connectivity index (χ2n) is 5.26. The molecule has 0 saturated carbocycles. The van der Waals surface area contributed by atoms with Gasteiger partial charge >= 0.3 is 0 Å². The molecule has 0 unspecified atom stereocenters. The van der Waals surface area contributed by atoms with Crippen LogP contribution in [0, 0.1) is 10.1 Å². The molecule has 1 atom stereocenters. The van der Waals surface area contributed by atoms with Gasteiger partial charge in [-0.15, -0.1) is 0 Å². The van der Waals surface area contributed by atoms with E-state index in [-0.39, 0.29) is 28.5 Å². The van der Waals surface area contributed by atoms with E-state index in [2.05, 4.69) is 4.72 Å². The van der Waals surface area contributed by atoms with Crippen LogP contribution in [0.15, 0.2) is 29.2 Å². The Balaban J connectivity index is 2.25. The molecule has 0 bridgehead atoms. The highest BCUT2D eigenvalue weighted by atomic mass is 32.2. The molecule has 0 aliphatic carbocycles. The molecular formula is C11H14N2O6S2. The summed E-state index contributed by atoms with van der Waals surface area (Å²) in [4.78, 5) is 9.77. The molecule has 0 aromatic heterocycles. The number of rotatable bonds is 4. The second-order valence-corrected chi connectivity index (χ2v) is 9.13. The topological polar surface area (TPSA) is 123 Å². The Kier molecular flexibility index (Phi) is 3.80. The Morgan fingerprint density at radius 2 is 1.86 bits per heavy atom. The van der Waals surface area contributed by atoms with Gasteiger partial charge in [0.25, 0.3) is 5.69 Å². The maximum Gasteiger partial charge on any atom is 0.269 e. The van der Waals surface area contributed by atoms with Gasteiger partial charge in [-0.1, -0.05) is 0 Å². The number of non-ortho nitro benzene ring substituents is 1. The number of nitro groups is 1. The van der Waals surface area contributed by atoms with E-state index in [0.29, 0.717) is 0 Å². The number of hydrogen-bond donors (Lipinski definition) is 1. The van der Waals surface area contributed by atoms with Crippen LogP contribution in [0.2, 0.25) is 0 Å². The standard InChI is InChI=1S/C11H14N2O6S2/c1-11(6-7-20(16,17)8-11)12-21(18,19)10-4-2-9(3-5-10)13(14)15/h2-5,12H,6-8H2,1H3/t11-/m1/s1. The van der Waals surface area contributed by atoms with Gasteiger partial charge in [-0.05, 0) is 25.5 Å². The van der Waals surface area contributed by atoms with E-state index >= 15 is 0 Å². The molecular weight excluding hydrogens is 320 g/mol. The summed E-state index contributed by atoms with van der Waals surface area (Å²) in [6, 6.07) is 4.41. The summed E-state index contributed by atoms with van der Waals surface area (Å²) in [6.07, 6.45) is 0.196. The first-order valence-electron chi connectivity index (χ1n) is 6.02. The third-order valence-electron chi connectivity index (χ3n) is 3.24. The summed E-state index contributed by atoms with van der Waals surface area (Å²) in [5, 5.41) is 10.5. The highest BCUT2D eigenvalue weighted by molar-refractivity contribution is 7.92. The highest BCUT2D eigenvalue weighted by Crippen LogP contribution is 2.25. The Bertz CT molecular complexity index is 769. The van der Waals surface area contributed by atoms with Gasteiger partial charge in [0.15, 0.2) is 9.84 Å². The van der Waals surface area contributed by atoms with Gasteiger partial charge in [0.05, 0.1) is 21.3 Å². The fourth-order valence-corrected chi connectivity index (χ4v) is 5.84. The monoisotopic (exact) mass is 334 g/mol. The van der Waals surface area contributed by atoms with Crippen LogP contribution in [0.1, 0.15) is 13.3 Å². The molecule has 1 saturated heterocycles. The molecule has 1 fully saturated rings. The molecule has 1 N–H and O–H groups in total. The van der Waals surface area contributed by atoms with Crippen molar-refractivity contribution in [2.75, 3.05) is 11.5 Å². The minimum Gasteiger partial charge on any atom is -0.258 e. The number of nitro benzene ring substituents is 1. The number of hydrogen-bond acceptors (Lipinski definition) is 6. The van der Waals surface area contributed by atoms with E-state index in [4.69, 9.17) is 0 Å². The fraction of sp³-hybridized carbons (Fsp3) is 0.455. The Labute approximate surface area is 122 Å². The predicted octanol–water partition coefficient (Wildman–Crippen LogP) is 0.450. The first-order valence-corrected chi connectivity index (χ1v) is 9.32. The normalized spacial score (nSPS) is 24.8. The Morgan fingerprint density at radius 3 is 2.29 bits per heavy atom. The fourth-order valence-electron chi connectivity index (χ4n) is 2.22. The molecule has 0 spiro atoms. The van der Waals surface area contributed by atoms with Crippen molar-refractivity contribution >= 4 is 25.5 Å². The van der Waals surface area contributed by atoms with Gasteiger partial charge in [-0.2, -0.15) is 0 Å². The molecule has 1 aliphatic rings. The summed E-state index contributed by atoms with van der Waals surface area (Å²) in [6.45, 7) is 1.53. The van der Waals surface area contributed by atoms with Crippen LogP contribution in [0.4, 0.5) is 5.69 Å². The van der Waals surface area contributed by atoms with Gasteiger partial charge < -0.3 is 0 Å². The molecule has 0 radical (unpaired) electrons. The van der Waals surface area contributed by atoms with E-state index < -0.39 is 30.3 Å². The number of benzene rings is 1. The van der Waals surface area contributed by atoms with Gasteiger partial charge in [0.2, 0.25) is 10.0 Å². The lowest BCUT2D eigenvalue weighted by atomic mass is 10.0. The summed E-state index contributed by atoms with van der Waals surface area (Å²) in [5.74, 6) is -0.321. The van der Waals surface area contributed by atoms with Gasteiger partial charge in [0, 0.05) is 17.7 Å². The van der Waals surface area contributed by atoms with Crippen LogP contribution in [0.5, 0.6) is 0 Å². The first kappa shape index (κ1) is 15.9. The molecule has 1 aromatic carbocycles. The highest BCUT2D eigenvalue weighted by Gasteiger charge is 2.41. The van der Waals surface area contributed by atoms with E-state index in [0.717, 1.165) is 24.3 Å². The molecule has 0 amide bonds. The van der Waals surface area contributed by atoms with Crippen molar-refractivity contribution in [2.24, 2.45) is 0 Å². The quantitative estimate of drug-likeness (QED) is 0.630. The number of nitrogens with one attached hydrogen (secondary N) is 1. The molecule has 1 heterocycles. The zero-order chi connectivity index (χ0) is 15.9. The maximum atomic E-state index is 12.2. The van der Waals surface area contributed by atoms with Crippen molar-refractivity contribution < 1.29 is 21.8 Å². The maximum absolute atomic E-state index is 12.2. The van der Waals surface area contributed by atoms with Crippen molar-refractivity contribution in [3.05, 3.63) is 34.4 Å². The molecule has 1 aliphatic heterocycles. The average Bonchev–Trinajstić information content (AvgIpc) is 2.62. The Morgan fingerprint density at radius 1 is 1.29 bits per heavy atom. The second kappa shape index (κ2) is 5.04. The zero-order valence-corrected chi connectivity index (χ0v) is 12.8. The van der Waals surface area contributed by atoms with Crippen molar-refractivity contribution in [3.63, 3.8) is 0 Å². The van der Waals surface area contributed by atoms with E-state index in [1.807, 2.05) is 0 Å².